The lowest BCUT2D eigenvalue weighted by Gasteiger charge is -2.38. The second-order valence-corrected chi connectivity index (χ2v) is 8.97. The number of rotatable bonds is 5. The van der Waals surface area contributed by atoms with E-state index in [1.807, 2.05) is 12.1 Å². The molecule has 2 heterocycles. The van der Waals surface area contributed by atoms with E-state index in [4.69, 9.17) is 21.7 Å². The van der Waals surface area contributed by atoms with Gasteiger partial charge in [-0.25, -0.2) is 0 Å². The van der Waals surface area contributed by atoms with E-state index in [1.165, 1.54) is 11.1 Å². The van der Waals surface area contributed by atoms with Crippen molar-refractivity contribution < 1.29 is 4.52 Å². The van der Waals surface area contributed by atoms with Crippen molar-refractivity contribution in [2.45, 2.75) is 40.7 Å². The summed E-state index contributed by atoms with van der Waals surface area (Å²) in [4.78, 5) is 6.91. The summed E-state index contributed by atoms with van der Waals surface area (Å²) in [6.07, 6.45) is 0. The fourth-order valence-corrected chi connectivity index (χ4v) is 4.13. The van der Waals surface area contributed by atoms with Gasteiger partial charge in [0.2, 0.25) is 5.82 Å². The molecule has 1 aliphatic rings. The van der Waals surface area contributed by atoms with Gasteiger partial charge < -0.3 is 14.7 Å². The Balaban J connectivity index is 1.80. The van der Waals surface area contributed by atoms with Crippen molar-refractivity contribution in [1.29, 1.82) is 0 Å². The van der Waals surface area contributed by atoms with Crippen LogP contribution in [0, 0.1) is 19.8 Å². The van der Waals surface area contributed by atoms with E-state index in [0.29, 0.717) is 17.6 Å². The maximum Gasteiger partial charge on any atom is 0.258 e. The predicted octanol–water partition coefficient (Wildman–Crippen LogP) is 5.67. The van der Waals surface area contributed by atoms with Crippen LogP contribution in [0.5, 0.6) is 0 Å². The molecule has 5 nitrogen and oxygen atoms in total. The van der Waals surface area contributed by atoms with Crippen molar-refractivity contribution in [3.63, 3.8) is 0 Å². The Labute approximate surface area is 189 Å². The second kappa shape index (κ2) is 8.63. The number of hydrogen-bond donors (Lipinski definition) is 1. The first-order valence-electron chi connectivity index (χ1n) is 10.6. The third-order valence-corrected chi connectivity index (χ3v) is 5.86. The lowest BCUT2D eigenvalue weighted by Crippen LogP contribution is -2.47. The summed E-state index contributed by atoms with van der Waals surface area (Å²) in [6.45, 7) is 11.4. The molecule has 2 aromatic carbocycles. The third kappa shape index (κ3) is 4.39. The molecule has 6 heteroatoms. The van der Waals surface area contributed by atoms with Crippen molar-refractivity contribution in [3.8, 4) is 11.4 Å². The average molecular weight is 433 g/mol. The largest absolute Gasteiger partial charge is 0.351 e. The van der Waals surface area contributed by atoms with Crippen molar-refractivity contribution in [2.75, 3.05) is 6.54 Å². The van der Waals surface area contributed by atoms with E-state index < -0.39 is 0 Å². The summed E-state index contributed by atoms with van der Waals surface area (Å²) in [5, 5.41) is 8.51. The number of aryl methyl sites for hydroxylation is 2. The first kappa shape index (κ1) is 21.2. The average Bonchev–Trinajstić information content (AvgIpc) is 3.21. The lowest BCUT2D eigenvalue weighted by molar-refractivity contribution is 0.386. The van der Waals surface area contributed by atoms with Gasteiger partial charge >= 0.3 is 0 Å². The smallest absolute Gasteiger partial charge is 0.258 e. The maximum atomic E-state index is 5.79. The standard InChI is InChI=1S/C25H28N4OS/c1-15(2)14-29-18(5)21(22(26-25(29)31)19-10-6-16(3)7-11-19)24-27-23(28-30-24)20-12-8-17(4)9-13-20/h6-13,15,22H,14H2,1-5H3,(H,26,31). The Bertz CT molecular complexity index is 1110. The molecule has 1 aliphatic heterocycles. The molecule has 0 bridgehead atoms. The van der Waals surface area contributed by atoms with Crippen LogP contribution in [0.25, 0.3) is 17.0 Å². The Morgan fingerprint density at radius 1 is 1.00 bits per heavy atom. The van der Waals surface area contributed by atoms with E-state index in [0.717, 1.165) is 34.1 Å². The van der Waals surface area contributed by atoms with Gasteiger partial charge in [-0.1, -0.05) is 78.7 Å². The van der Waals surface area contributed by atoms with Gasteiger partial charge in [0.25, 0.3) is 5.89 Å². The third-order valence-electron chi connectivity index (χ3n) is 5.52. The van der Waals surface area contributed by atoms with E-state index in [1.54, 1.807) is 0 Å². The van der Waals surface area contributed by atoms with Crippen LogP contribution >= 0.6 is 12.2 Å². The van der Waals surface area contributed by atoms with Gasteiger partial charge in [-0.2, -0.15) is 4.98 Å². The number of benzene rings is 2. The zero-order chi connectivity index (χ0) is 22.1. The second-order valence-electron chi connectivity index (χ2n) is 8.59. The van der Waals surface area contributed by atoms with Crippen LogP contribution in [-0.4, -0.2) is 26.7 Å². The lowest BCUT2D eigenvalue weighted by atomic mass is 9.94. The number of aromatic nitrogens is 2. The summed E-state index contributed by atoms with van der Waals surface area (Å²) >= 11 is 5.74. The highest BCUT2D eigenvalue weighted by Crippen LogP contribution is 2.37. The Morgan fingerprint density at radius 3 is 2.23 bits per heavy atom. The minimum absolute atomic E-state index is 0.150. The maximum absolute atomic E-state index is 5.79. The fraction of sp³-hybridized carbons (Fsp3) is 0.320. The fourth-order valence-electron chi connectivity index (χ4n) is 3.81. The van der Waals surface area contributed by atoms with Crippen LogP contribution < -0.4 is 5.32 Å². The highest BCUT2D eigenvalue weighted by molar-refractivity contribution is 7.80. The molecule has 1 N–H and O–H groups in total. The summed E-state index contributed by atoms with van der Waals surface area (Å²) in [6, 6.07) is 16.5. The van der Waals surface area contributed by atoms with Gasteiger partial charge in [-0.05, 0) is 44.5 Å². The molecule has 0 spiro atoms. The van der Waals surface area contributed by atoms with Crippen molar-refractivity contribution >= 4 is 22.9 Å². The van der Waals surface area contributed by atoms with E-state index >= 15 is 0 Å². The molecule has 1 aromatic heterocycles. The number of thiocarbonyl (C=S) groups is 1. The molecule has 0 saturated heterocycles. The predicted molar refractivity (Wildman–Crippen MR) is 128 cm³/mol. The van der Waals surface area contributed by atoms with Gasteiger partial charge in [0.15, 0.2) is 5.11 Å². The Morgan fingerprint density at radius 2 is 1.61 bits per heavy atom. The summed E-state index contributed by atoms with van der Waals surface area (Å²) in [5.74, 6) is 1.56. The minimum Gasteiger partial charge on any atom is -0.351 e. The van der Waals surface area contributed by atoms with Crippen LogP contribution in [-0.2, 0) is 0 Å². The molecular weight excluding hydrogens is 404 g/mol. The molecule has 0 amide bonds. The summed E-state index contributed by atoms with van der Waals surface area (Å²) in [7, 11) is 0. The zero-order valence-electron chi connectivity index (χ0n) is 18.6. The summed E-state index contributed by atoms with van der Waals surface area (Å²) in [5.41, 5.74) is 6.46. The normalized spacial score (nSPS) is 16.8. The van der Waals surface area contributed by atoms with Gasteiger partial charge in [-0.3, -0.25) is 0 Å². The van der Waals surface area contributed by atoms with Crippen molar-refractivity contribution in [3.05, 3.63) is 76.8 Å². The van der Waals surface area contributed by atoms with E-state index in [9.17, 15) is 0 Å². The quantitative estimate of drug-likeness (QED) is 0.524. The van der Waals surface area contributed by atoms with E-state index in [-0.39, 0.29) is 6.04 Å². The van der Waals surface area contributed by atoms with Crippen molar-refractivity contribution in [2.24, 2.45) is 5.92 Å². The Hall–Kier alpha value is -2.99. The highest BCUT2D eigenvalue weighted by atomic mass is 32.1. The molecule has 3 aromatic rings. The zero-order valence-corrected chi connectivity index (χ0v) is 19.5. The number of nitrogens with zero attached hydrogens (tertiary/aromatic N) is 3. The topological polar surface area (TPSA) is 54.2 Å². The molecule has 31 heavy (non-hydrogen) atoms. The van der Waals surface area contributed by atoms with Gasteiger partial charge in [0.1, 0.15) is 0 Å². The molecule has 0 fully saturated rings. The molecule has 1 atom stereocenters. The molecule has 160 valence electrons. The minimum atomic E-state index is -0.150. The molecule has 0 saturated carbocycles. The number of nitrogens with one attached hydrogen (secondary N) is 1. The van der Waals surface area contributed by atoms with Gasteiger partial charge in [0.05, 0.1) is 11.6 Å². The molecule has 0 radical (unpaired) electrons. The van der Waals surface area contributed by atoms with Gasteiger partial charge in [-0.15, -0.1) is 0 Å². The molecular formula is C25H28N4OS. The highest BCUT2D eigenvalue weighted by Gasteiger charge is 2.34. The van der Waals surface area contributed by atoms with Crippen LogP contribution in [0.2, 0.25) is 0 Å². The van der Waals surface area contributed by atoms with E-state index in [2.05, 4.69) is 86.4 Å². The molecule has 0 aliphatic carbocycles. The van der Waals surface area contributed by atoms with Crippen molar-refractivity contribution in [1.82, 2.24) is 20.4 Å². The first-order chi connectivity index (χ1) is 14.8. The molecule has 1 unspecified atom stereocenters. The molecule has 4 rings (SSSR count). The van der Waals surface area contributed by atoms with Crippen LogP contribution in [0.3, 0.4) is 0 Å². The SMILES string of the molecule is CC1=C(c2nc(-c3ccc(C)cc3)no2)C(c2ccc(C)cc2)NC(=S)N1CC(C)C. The monoisotopic (exact) mass is 432 g/mol. The van der Waals surface area contributed by atoms with Crippen LogP contribution in [0.1, 0.15) is 49.4 Å². The summed E-state index contributed by atoms with van der Waals surface area (Å²) < 4.78 is 5.79. The van der Waals surface area contributed by atoms with Crippen LogP contribution in [0.4, 0.5) is 0 Å². The number of hydrogen-bond acceptors (Lipinski definition) is 4. The number of allylic oxidation sites excluding steroid dienone is 1. The van der Waals surface area contributed by atoms with Gasteiger partial charge in [0, 0.05) is 17.8 Å². The van der Waals surface area contributed by atoms with Crippen LogP contribution in [0.15, 0.2) is 58.8 Å². The first-order valence-corrected chi connectivity index (χ1v) is 11.0. The Kier molecular flexibility index (Phi) is 5.92.